The Morgan fingerprint density at radius 3 is 2.37 bits per heavy atom. The highest BCUT2D eigenvalue weighted by molar-refractivity contribution is 6.00. The van der Waals surface area contributed by atoms with Crippen LogP contribution < -0.4 is 15.2 Å². The molecule has 0 aliphatic rings. The fourth-order valence-corrected chi connectivity index (χ4v) is 1.76. The topological polar surface area (TPSA) is 85.0 Å². The molecule has 6 heteroatoms. The SMILES string of the molecule is COc1cc(N)c(C(=O)N(C)CC(C)O)cc1OC. The highest BCUT2D eigenvalue weighted by atomic mass is 16.5. The lowest BCUT2D eigenvalue weighted by molar-refractivity contribution is 0.0704. The summed E-state index contributed by atoms with van der Waals surface area (Å²) >= 11 is 0. The predicted octanol–water partition coefficient (Wildman–Crippen LogP) is 0.739. The molecule has 0 saturated heterocycles. The van der Waals surface area contributed by atoms with Crippen LogP contribution in [0.5, 0.6) is 11.5 Å². The number of amides is 1. The zero-order valence-electron chi connectivity index (χ0n) is 11.6. The van der Waals surface area contributed by atoms with Gasteiger partial charge in [-0.2, -0.15) is 0 Å². The Hall–Kier alpha value is -1.95. The van der Waals surface area contributed by atoms with E-state index in [-0.39, 0.29) is 12.5 Å². The van der Waals surface area contributed by atoms with E-state index in [1.54, 1.807) is 20.0 Å². The molecule has 0 spiro atoms. The number of aliphatic hydroxyl groups is 1. The smallest absolute Gasteiger partial charge is 0.255 e. The van der Waals surface area contributed by atoms with Gasteiger partial charge in [-0.25, -0.2) is 0 Å². The number of nitrogen functional groups attached to an aromatic ring is 1. The molecule has 0 aliphatic carbocycles. The number of benzene rings is 1. The van der Waals surface area contributed by atoms with E-state index in [9.17, 15) is 9.90 Å². The van der Waals surface area contributed by atoms with Crippen molar-refractivity contribution < 1.29 is 19.4 Å². The molecule has 0 aromatic heterocycles. The predicted molar refractivity (Wildman–Crippen MR) is 72.6 cm³/mol. The van der Waals surface area contributed by atoms with E-state index in [0.717, 1.165) is 0 Å². The number of hydrogen-bond donors (Lipinski definition) is 2. The maximum absolute atomic E-state index is 12.2. The maximum Gasteiger partial charge on any atom is 0.255 e. The van der Waals surface area contributed by atoms with Crippen LogP contribution in [-0.2, 0) is 0 Å². The van der Waals surface area contributed by atoms with Gasteiger partial charge >= 0.3 is 0 Å². The standard InChI is InChI=1S/C13H20N2O4/c1-8(16)7-15(2)13(17)9-5-11(18-3)12(19-4)6-10(9)14/h5-6,8,16H,7,14H2,1-4H3. The Kier molecular flexibility index (Phi) is 5.00. The van der Waals surface area contributed by atoms with Gasteiger partial charge in [0.25, 0.3) is 5.91 Å². The Morgan fingerprint density at radius 1 is 1.37 bits per heavy atom. The summed E-state index contributed by atoms with van der Waals surface area (Å²) in [6.07, 6.45) is -0.602. The van der Waals surface area contributed by atoms with E-state index in [1.165, 1.54) is 25.2 Å². The summed E-state index contributed by atoms with van der Waals surface area (Å²) in [6, 6.07) is 3.08. The van der Waals surface area contributed by atoms with Crippen molar-refractivity contribution in [2.24, 2.45) is 0 Å². The molecule has 0 heterocycles. The fraction of sp³-hybridized carbons (Fsp3) is 0.462. The van der Waals surface area contributed by atoms with E-state index in [4.69, 9.17) is 15.2 Å². The number of hydrogen-bond acceptors (Lipinski definition) is 5. The van der Waals surface area contributed by atoms with Gasteiger partial charge in [0, 0.05) is 25.3 Å². The lowest BCUT2D eigenvalue weighted by Crippen LogP contribution is -2.33. The van der Waals surface area contributed by atoms with Gasteiger partial charge in [0.05, 0.1) is 25.9 Å². The molecule has 1 unspecified atom stereocenters. The Labute approximate surface area is 112 Å². The zero-order valence-corrected chi connectivity index (χ0v) is 11.6. The van der Waals surface area contributed by atoms with Crippen LogP contribution in [0.15, 0.2) is 12.1 Å². The van der Waals surface area contributed by atoms with Crippen molar-refractivity contribution in [3.63, 3.8) is 0 Å². The summed E-state index contributed by atoms with van der Waals surface area (Å²) in [4.78, 5) is 13.6. The van der Waals surface area contributed by atoms with E-state index in [0.29, 0.717) is 22.7 Å². The van der Waals surface area contributed by atoms with E-state index in [1.807, 2.05) is 0 Å². The summed E-state index contributed by atoms with van der Waals surface area (Å²) in [5.74, 6) is 0.625. The van der Waals surface area contributed by atoms with Crippen LogP contribution in [-0.4, -0.2) is 49.8 Å². The molecule has 1 atom stereocenters. The van der Waals surface area contributed by atoms with Gasteiger partial charge in [-0.15, -0.1) is 0 Å². The highest BCUT2D eigenvalue weighted by Gasteiger charge is 2.19. The third kappa shape index (κ3) is 3.51. The monoisotopic (exact) mass is 268 g/mol. The fourth-order valence-electron chi connectivity index (χ4n) is 1.76. The Balaban J connectivity index is 3.09. The van der Waals surface area contributed by atoms with Gasteiger partial charge in [-0.3, -0.25) is 4.79 Å². The second kappa shape index (κ2) is 6.29. The van der Waals surface area contributed by atoms with E-state index < -0.39 is 6.10 Å². The maximum atomic E-state index is 12.2. The first-order valence-electron chi connectivity index (χ1n) is 5.85. The van der Waals surface area contributed by atoms with Crippen LogP contribution in [0.25, 0.3) is 0 Å². The molecule has 0 radical (unpaired) electrons. The van der Waals surface area contributed by atoms with Crippen LogP contribution in [0.2, 0.25) is 0 Å². The van der Waals surface area contributed by atoms with Gasteiger partial charge < -0.3 is 25.2 Å². The highest BCUT2D eigenvalue weighted by Crippen LogP contribution is 2.32. The number of carbonyl (C=O) groups is 1. The summed E-state index contributed by atoms with van der Waals surface area (Å²) in [7, 11) is 4.59. The molecule has 1 amide bonds. The van der Waals surface area contributed by atoms with Crippen LogP contribution in [0.3, 0.4) is 0 Å². The molecule has 1 aromatic carbocycles. The lowest BCUT2D eigenvalue weighted by Gasteiger charge is -2.20. The molecule has 106 valence electrons. The van der Waals surface area contributed by atoms with Crippen molar-refractivity contribution in [1.29, 1.82) is 0 Å². The number of carbonyl (C=O) groups excluding carboxylic acids is 1. The van der Waals surface area contributed by atoms with Gasteiger partial charge in [0.1, 0.15) is 0 Å². The molecule has 0 fully saturated rings. The average molecular weight is 268 g/mol. The minimum absolute atomic E-state index is 0.229. The van der Waals surface area contributed by atoms with Crippen molar-refractivity contribution in [3.05, 3.63) is 17.7 Å². The molecule has 1 aromatic rings. The molecule has 0 aliphatic heterocycles. The Morgan fingerprint density at radius 2 is 1.89 bits per heavy atom. The molecular weight excluding hydrogens is 248 g/mol. The first kappa shape index (κ1) is 15.1. The minimum atomic E-state index is -0.602. The van der Waals surface area contributed by atoms with Gasteiger partial charge in [-0.05, 0) is 13.0 Å². The summed E-state index contributed by atoms with van der Waals surface area (Å²) in [6.45, 7) is 1.84. The van der Waals surface area contributed by atoms with E-state index in [2.05, 4.69) is 0 Å². The summed E-state index contributed by atoms with van der Waals surface area (Å²) < 4.78 is 10.2. The number of rotatable bonds is 5. The lowest BCUT2D eigenvalue weighted by atomic mass is 10.1. The van der Waals surface area contributed by atoms with E-state index >= 15 is 0 Å². The van der Waals surface area contributed by atoms with Crippen molar-refractivity contribution in [2.45, 2.75) is 13.0 Å². The number of methoxy groups -OCH3 is 2. The number of aliphatic hydroxyl groups excluding tert-OH is 1. The van der Waals surface area contributed by atoms with Gasteiger partial charge in [0.2, 0.25) is 0 Å². The van der Waals surface area contributed by atoms with Gasteiger partial charge in [0.15, 0.2) is 11.5 Å². The molecule has 1 rings (SSSR count). The largest absolute Gasteiger partial charge is 0.493 e. The van der Waals surface area contributed by atoms with Crippen LogP contribution in [0, 0.1) is 0 Å². The van der Waals surface area contributed by atoms with Crippen LogP contribution >= 0.6 is 0 Å². The number of nitrogens with two attached hydrogens (primary N) is 1. The van der Waals surface area contributed by atoms with Crippen molar-refractivity contribution in [2.75, 3.05) is 33.5 Å². The van der Waals surface area contributed by atoms with Crippen LogP contribution in [0.4, 0.5) is 5.69 Å². The van der Waals surface area contributed by atoms with Crippen molar-refractivity contribution >= 4 is 11.6 Å². The molecule has 0 saturated carbocycles. The first-order valence-corrected chi connectivity index (χ1v) is 5.85. The zero-order chi connectivity index (χ0) is 14.6. The average Bonchev–Trinajstić information content (AvgIpc) is 2.36. The normalized spacial score (nSPS) is 11.8. The number of nitrogens with zero attached hydrogens (tertiary/aromatic N) is 1. The third-order valence-corrected chi connectivity index (χ3v) is 2.67. The number of likely N-dealkylation sites (N-methyl/N-ethyl adjacent to an activating group) is 1. The number of ether oxygens (including phenoxy) is 2. The second-order valence-electron chi connectivity index (χ2n) is 4.33. The Bertz CT molecular complexity index is 460. The number of anilines is 1. The molecule has 0 bridgehead atoms. The van der Waals surface area contributed by atoms with Crippen molar-refractivity contribution in [1.82, 2.24) is 4.90 Å². The molecule has 3 N–H and O–H groups in total. The van der Waals surface area contributed by atoms with Crippen molar-refractivity contribution in [3.8, 4) is 11.5 Å². The summed E-state index contributed by atoms with van der Waals surface area (Å²) in [5.41, 5.74) is 6.47. The third-order valence-electron chi connectivity index (χ3n) is 2.67. The van der Waals surface area contributed by atoms with Gasteiger partial charge in [-0.1, -0.05) is 0 Å². The minimum Gasteiger partial charge on any atom is -0.493 e. The molecular formula is C13H20N2O4. The molecule has 19 heavy (non-hydrogen) atoms. The quantitative estimate of drug-likeness (QED) is 0.769. The first-order chi connectivity index (χ1) is 8.90. The van der Waals surface area contributed by atoms with Crippen LogP contribution in [0.1, 0.15) is 17.3 Å². The summed E-state index contributed by atoms with van der Waals surface area (Å²) in [5, 5.41) is 9.30. The second-order valence-corrected chi connectivity index (χ2v) is 4.33. The molecule has 6 nitrogen and oxygen atoms in total.